The van der Waals surface area contributed by atoms with Gasteiger partial charge in [0.05, 0.1) is 24.6 Å². The minimum Gasteiger partial charge on any atom is -0.334 e. The van der Waals surface area contributed by atoms with E-state index in [0.717, 1.165) is 11.4 Å². The number of rotatable bonds is 3. The van der Waals surface area contributed by atoms with Crippen LogP contribution in [0.1, 0.15) is 21.9 Å². The van der Waals surface area contributed by atoms with Crippen LogP contribution in [0, 0.1) is 6.92 Å². The smallest absolute Gasteiger partial charge is 0.274 e. The number of hydrogen-bond donors (Lipinski definition) is 0. The molecule has 0 aliphatic rings. The van der Waals surface area contributed by atoms with Gasteiger partial charge in [-0.2, -0.15) is 0 Å². The summed E-state index contributed by atoms with van der Waals surface area (Å²) in [4.78, 5) is 25.8. The molecular weight excluding hydrogens is 264 g/mol. The number of aryl methyl sites for hydroxylation is 1. The summed E-state index contributed by atoms with van der Waals surface area (Å²) in [5, 5.41) is 0.202. The molecule has 0 saturated heterocycles. The second-order valence-electron chi connectivity index (χ2n) is 4.16. The van der Waals surface area contributed by atoms with Gasteiger partial charge in [0.25, 0.3) is 5.91 Å². The number of halogens is 1. The zero-order valence-corrected chi connectivity index (χ0v) is 11.4. The molecule has 98 valence electrons. The highest BCUT2D eigenvalue weighted by Crippen LogP contribution is 2.08. The van der Waals surface area contributed by atoms with Crippen LogP contribution in [0.25, 0.3) is 0 Å². The predicted octanol–water partition coefficient (Wildman–Crippen LogP) is 2.11. The minimum absolute atomic E-state index is 0.202. The fraction of sp³-hybridized carbons (Fsp3) is 0.231. The number of carbonyl (C=O) groups excluding carboxylic acids is 1. The first kappa shape index (κ1) is 13.4. The molecule has 0 unspecified atom stereocenters. The third-order valence-electron chi connectivity index (χ3n) is 2.52. The summed E-state index contributed by atoms with van der Waals surface area (Å²) in [5.74, 6) is -0.238. The highest BCUT2D eigenvalue weighted by atomic mass is 35.5. The van der Waals surface area contributed by atoms with Crippen LogP contribution in [0.15, 0.2) is 30.6 Å². The van der Waals surface area contributed by atoms with E-state index >= 15 is 0 Å². The minimum atomic E-state index is -0.238. The Morgan fingerprint density at radius 3 is 2.79 bits per heavy atom. The van der Waals surface area contributed by atoms with Gasteiger partial charge in [-0.15, -0.1) is 0 Å². The molecule has 0 fully saturated rings. The second kappa shape index (κ2) is 5.75. The van der Waals surface area contributed by atoms with E-state index in [2.05, 4.69) is 15.0 Å². The van der Waals surface area contributed by atoms with E-state index in [1.54, 1.807) is 7.05 Å². The lowest BCUT2D eigenvalue weighted by atomic mass is 10.3. The van der Waals surface area contributed by atoms with Crippen LogP contribution in [-0.2, 0) is 6.54 Å². The lowest BCUT2D eigenvalue weighted by molar-refractivity contribution is 0.0777. The normalized spacial score (nSPS) is 10.3. The van der Waals surface area contributed by atoms with Gasteiger partial charge in [-0.3, -0.25) is 14.8 Å². The maximum atomic E-state index is 12.1. The number of aromatic nitrogens is 3. The fourth-order valence-corrected chi connectivity index (χ4v) is 1.79. The number of amides is 1. The van der Waals surface area contributed by atoms with E-state index in [9.17, 15) is 4.79 Å². The number of nitrogens with zero attached hydrogens (tertiary/aromatic N) is 4. The van der Waals surface area contributed by atoms with Crippen molar-refractivity contribution in [3.63, 3.8) is 0 Å². The number of hydrogen-bond acceptors (Lipinski definition) is 4. The summed E-state index contributed by atoms with van der Waals surface area (Å²) in [6, 6.07) is 5.70. The predicted molar refractivity (Wildman–Crippen MR) is 71.8 cm³/mol. The Morgan fingerprint density at radius 1 is 1.32 bits per heavy atom. The van der Waals surface area contributed by atoms with Crippen LogP contribution in [0.2, 0.25) is 5.15 Å². The van der Waals surface area contributed by atoms with Gasteiger partial charge in [-0.1, -0.05) is 17.7 Å². The largest absolute Gasteiger partial charge is 0.334 e. The Kier molecular flexibility index (Phi) is 4.06. The van der Waals surface area contributed by atoms with E-state index in [4.69, 9.17) is 11.6 Å². The van der Waals surface area contributed by atoms with Crippen LogP contribution in [0.4, 0.5) is 0 Å². The van der Waals surface area contributed by atoms with Gasteiger partial charge in [0.1, 0.15) is 10.8 Å². The van der Waals surface area contributed by atoms with Gasteiger partial charge in [0.2, 0.25) is 0 Å². The number of pyridine rings is 1. The molecule has 6 heteroatoms. The Bertz CT molecular complexity index is 603. The molecule has 2 rings (SSSR count). The summed E-state index contributed by atoms with van der Waals surface area (Å²) in [5.41, 5.74) is 1.97. The SMILES string of the molecule is Cc1cccc(CN(C)C(=O)c2cncc(Cl)n2)n1. The molecule has 0 aliphatic carbocycles. The molecule has 2 heterocycles. The summed E-state index contributed by atoms with van der Waals surface area (Å²) in [6.07, 6.45) is 2.79. The second-order valence-corrected chi connectivity index (χ2v) is 4.55. The maximum absolute atomic E-state index is 12.1. The molecule has 0 radical (unpaired) electrons. The van der Waals surface area contributed by atoms with Crippen molar-refractivity contribution in [2.75, 3.05) is 7.05 Å². The molecule has 0 atom stereocenters. The van der Waals surface area contributed by atoms with Crippen LogP contribution < -0.4 is 0 Å². The molecule has 19 heavy (non-hydrogen) atoms. The van der Waals surface area contributed by atoms with Crippen molar-refractivity contribution in [2.24, 2.45) is 0 Å². The van der Waals surface area contributed by atoms with Gasteiger partial charge >= 0.3 is 0 Å². The van der Waals surface area contributed by atoms with E-state index in [1.807, 2.05) is 25.1 Å². The average molecular weight is 277 g/mol. The van der Waals surface area contributed by atoms with Gasteiger partial charge < -0.3 is 4.90 Å². The molecule has 0 saturated carbocycles. The van der Waals surface area contributed by atoms with Gasteiger partial charge in [-0.05, 0) is 19.1 Å². The summed E-state index contributed by atoms with van der Waals surface area (Å²) in [7, 11) is 1.69. The molecule has 2 aromatic rings. The number of carbonyl (C=O) groups is 1. The quantitative estimate of drug-likeness (QED) is 0.861. The third kappa shape index (κ3) is 3.48. The van der Waals surface area contributed by atoms with Crippen LogP contribution in [0.3, 0.4) is 0 Å². The molecule has 0 bridgehead atoms. The Hall–Kier alpha value is -2.01. The Morgan fingerprint density at radius 2 is 2.11 bits per heavy atom. The van der Waals surface area contributed by atoms with Crippen molar-refractivity contribution in [3.8, 4) is 0 Å². The summed E-state index contributed by atoms with van der Waals surface area (Å²) in [6.45, 7) is 2.32. The molecule has 2 aromatic heterocycles. The topological polar surface area (TPSA) is 59.0 Å². The Balaban J connectivity index is 2.12. The molecule has 0 spiro atoms. The van der Waals surface area contributed by atoms with Crippen molar-refractivity contribution < 1.29 is 4.79 Å². The molecule has 1 amide bonds. The Labute approximate surface area is 116 Å². The van der Waals surface area contributed by atoms with Gasteiger partial charge in [-0.25, -0.2) is 4.98 Å². The van der Waals surface area contributed by atoms with Gasteiger partial charge in [0.15, 0.2) is 0 Å². The van der Waals surface area contributed by atoms with Crippen molar-refractivity contribution >= 4 is 17.5 Å². The molecule has 0 N–H and O–H groups in total. The average Bonchev–Trinajstić information content (AvgIpc) is 2.38. The zero-order valence-electron chi connectivity index (χ0n) is 10.7. The van der Waals surface area contributed by atoms with Gasteiger partial charge in [0, 0.05) is 12.7 Å². The van der Waals surface area contributed by atoms with Crippen molar-refractivity contribution in [2.45, 2.75) is 13.5 Å². The lowest BCUT2D eigenvalue weighted by Crippen LogP contribution is -2.27. The van der Waals surface area contributed by atoms with Crippen molar-refractivity contribution in [1.29, 1.82) is 0 Å². The van der Waals surface area contributed by atoms with E-state index in [-0.39, 0.29) is 16.8 Å². The lowest BCUT2D eigenvalue weighted by Gasteiger charge is -2.16. The highest BCUT2D eigenvalue weighted by molar-refractivity contribution is 6.29. The maximum Gasteiger partial charge on any atom is 0.274 e. The van der Waals surface area contributed by atoms with Crippen molar-refractivity contribution in [3.05, 3.63) is 52.8 Å². The zero-order chi connectivity index (χ0) is 13.8. The molecule has 5 nitrogen and oxygen atoms in total. The molecule has 0 aliphatic heterocycles. The highest BCUT2D eigenvalue weighted by Gasteiger charge is 2.14. The van der Waals surface area contributed by atoms with Crippen LogP contribution >= 0.6 is 11.6 Å². The first-order valence-corrected chi connectivity index (χ1v) is 6.09. The first-order valence-electron chi connectivity index (χ1n) is 5.72. The monoisotopic (exact) mass is 276 g/mol. The van der Waals surface area contributed by atoms with Crippen LogP contribution in [-0.4, -0.2) is 32.8 Å². The van der Waals surface area contributed by atoms with E-state index in [1.165, 1.54) is 17.3 Å². The molecule has 0 aromatic carbocycles. The first-order chi connectivity index (χ1) is 9.06. The van der Waals surface area contributed by atoms with Crippen molar-refractivity contribution in [1.82, 2.24) is 19.9 Å². The summed E-state index contributed by atoms with van der Waals surface area (Å²) >= 11 is 5.72. The standard InChI is InChI=1S/C13H13ClN4O/c1-9-4-3-5-10(16-9)8-18(2)13(19)11-6-15-7-12(14)17-11/h3-7H,8H2,1-2H3. The van der Waals surface area contributed by atoms with E-state index < -0.39 is 0 Å². The van der Waals surface area contributed by atoms with E-state index in [0.29, 0.717) is 6.54 Å². The third-order valence-corrected chi connectivity index (χ3v) is 2.70. The van der Waals surface area contributed by atoms with Crippen LogP contribution in [0.5, 0.6) is 0 Å². The molecular formula is C13H13ClN4O. The summed E-state index contributed by atoms with van der Waals surface area (Å²) < 4.78 is 0. The fourth-order valence-electron chi connectivity index (χ4n) is 1.64.